The highest BCUT2D eigenvalue weighted by atomic mass is 19.1. The molecule has 2 aliphatic heterocycles. The van der Waals surface area contributed by atoms with Crippen molar-refractivity contribution in [2.45, 2.75) is 56.0 Å². The molecule has 0 aromatic carbocycles. The van der Waals surface area contributed by atoms with Gasteiger partial charge in [0.05, 0.1) is 11.6 Å². The largest absolute Gasteiger partial charge is 0.366 e. The molecule has 0 radical (unpaired) electrons. The molecule has 142 valence electrons. The van der Waals surface area contributed by atoms with Gasteiger partial charge in [-0.3, -0.25) is 4.79 Å². The summed E-state index contributed by atoms with van der Waals surface area (Å²) in [5.41, 5.74) is 0.939. The first kappa shape index (κ1) is 15.8. The molecule has 8 heteroatoms. The van der Waals surface area contributed by atoms with Crippen molar-refractivity contribution in [1.82, 2.24) is 19.9 Å². The topological polar surface area (TPSA) is 65.1 Å². The van der Waals surface area contributed by atoms with Gasteiger partial charge < -0.3 is 14.8 Å². The molecular formula is C19H21F2N5O. The second-order valence-corrected chi connectivity index (χ2v) is 8.47. The van der Waals surface area contributed by atoms with Crippen molar-refractivity contribution in [3.63, 3.8) is 0 Å². The average molecular weight is 373 g/mol. The molecule has 2 unspecified atom stereocenters. The van der Waals surface area contributed by atoms with Crippen LogP contribution >= 0.6 is 0 Å². The number of imidazole rings is 1. The molecule has 1 N–H and O–H groups in total. The summed E-state index contributed by atoms with van der Waals surface area (Å²) in [5, 5.41) is 0. The third-order valence-corrected chi connectivity index (χ3v) is 6.59. The SMILES string of the molecule is O=C([C@@H]1C[C@H]1F)N1C2CCC1CN(c1ccnc3nc(C4(F)CC4)[nH]c13)C2. The number of piperazine rings is 1. The fourth-order valence-corrected chi connectivity index (χ4v) is 4.79. The van der Waals surface area contributed by atoms with Crippen LogP contribution in [0.25, 0.3) is 11.2 Å². The fraction of sp³-hybridized carbons (Fsp3) is 0.632. The number of carbonyl (C=O) groups excluding carboxylic acids is 1. The van der Waals surface area contributed by atoms with E-state index < -0.39 is 17.8 Å². The van der Waals surface area contributed by atoms with Crippen LogP contribution in [-0.4, -0.2) is 57.1 Å². The lowest BCUT2D eigenvalue weighted by Crippen LogP contribution is -2.56. The van der Waals surface area contributed by atoms with Crippen LogP contribution in [0.5, 0.6) is 0 Å². The van der Waals surface area contributed by atoms with Crippen molar-refractivity contribution in [1.29, 1.82) is 0 Å². The number of halogens is 2. The number of rotatable bonds is 3. The molecule has 2 aromatic heterocycles. The molecule has 0 spiro atoms. The minimum Gasteiger partial charge on any atom is -0.366 e. The van der Waals surface area contributed by atoms with Gasteiger partial charge in [-0.2, -0.15) is 0 Å². The van der Waals surface area contributed by atoms with Crippen LogP contribution < -0.4 is 4.90 Å². The fourth-order valence-electron chi connectivity index (χ4n) is 4.79. The quantitative estimate of drug-likeness (QED) is 0.898. The highest BCUT2D eigenvalue weighted by Crippen LogP contribution is 2.49. The zero-order valence-corrected chi connectivity index (χ0v) is 14.9. The smallest absolute Gasteiger partial charge is 0.229 e. The standard InChI is InChI=1S/C19H21F2N5O/c20-13-7-12(13)17(27)26-10-1-2-11(26)9-25(8-10)14-3-6-22-16-15(14)23-18(24-16)19(21)4-5-19/h3,6,10-13H,1-2,4-5,7-9H2,(H,22,23,24)/t10?,11?,12-,13-/m1/s1. The van der Waals surface area contributed by atoms with Crippen LogP contribution in [-0.2, 0) is 10.5 Å². The van der Waals surface area contributed by atoms with Gasteiger partial charge in [0.25, 0.3) is 0 Å². The second-order valence-electron chi connectivity index (χ2n) is 8.47. The van der Waals surface area contributed by atoms with Gasteiger partial charge in [-0.15, -0.1) is 0 Å². The number of anilines is 1. The Hall–Kier alpha value is -2.25. The molecule has 2 saturated carbocycles. The van der Waals surface area contributed by atoms with E-state index in [2.05, 4.69) is 19.9 Å². The normalized spacial score (nSPS) is 33.6. The van der Waals surface area contributed by atoms with Crippen molar-refractivity contribution in [3.8, 4) is 0 Å². The van der Waals surface area contributed by atoms with E-state index in [-0.39, 0.29) is 18.0 Å². The number of aromatic amines is 1. The number of alkyl halides is 2. The predicted molar refractivity (Wildman–Crippen MR) is 94.8 cm³/mol. The van der Waals surface area contributed by atoms with Gasteiger partial charge in [0.15, 0.2) is 11.3 Å². The van der Waals surface area contributed by atoms with Crippen molar-refractivity contribution < 1.29 is 13.6 Å². The van der Waals surface area contributed by atoms with Gasteiger partial charge in [0.1, 0.15) is 17.5 Å². The zero-order valence-electron chi connectivity index (χ0n) is 14.9. The Morgan fingerprint density at radius 3 is 2.59 bits per heavy atom. The minimum absolute atomic E-state index is 0.00791. The Bertz CT molecular complexity index is 927. The van der Waals surface area contributed by atoms with Crippen LogP contribution in [0.4, 0.5) is 14.5 Å². The van der Waals surface area contributed by atoms with Crippen molar-refractivity contribution in [2.24, 2.45) is 5.92 Å². The second kappa shape index (κ2) is 5.17. The summed E-state index contributed by atoms with van der Waals surface area (Å²) in [6.07, 6.45) is 4.05. The van der Waals surface area contributed by atoms with Gasteiger partial charge in [-0.05, 0) is 38.2 Å². The van der Waals surface area contributed by atoms with E-state index in [1.165, 1.54) is 0 Å². The lowest BCUT2D eigenvalue weighted by molar-refractivity contribution is -0.136. The third kappa shape index (κ3) is 2.31. The Kier molecular flexibility index (Phi) is 3.02. The highest BCUT2D eigenvalue weighted by Gasteiger charge is 2.52. The summed E-state index contributed by atoms with van der Waals surface area (Å²) in [5.74, 6) is -0.0508. The van der Waals surface area contributed by atoms with E-state index in [1.807, 2.05) is 11.0 Å². The number of H-pyrrole nitrogens is 1. The van der Waals surface area contributed by atoms with Gasteiger partial charge in [-0.1, -0.05) is 0 Å². The Morgan fingerprint density at radius 1 is 1.26 bits per heavy atom. The lowest BCUT2D eigenvalue weighted by atomic mass is 10.1. The summed E-state index contributed by atoms with van der Waals surface area (Å²) in [7, 11) is 0. The number of fused-ring (bicyclic) bond motifs is 3. The highest BCUT2D eigenvalue weighted by molar-refractivity contribution is 5.87. The maximum Gasteiger partial charge on any atom is 0.229 e. The lowest BCUT2D eigenvalue weighted by Gasteiger charge is -2.42. The summed E-state index contributed by atoms with van der Waals surface area (Å²) < 4.78 is 27.8. The number of hydrogen-bond acceptors (Lipinski definition) is 4. The molecule has 4 atom stereocenters. The van der Waals surface area contributed by atoms with Crippen molar-refractivity contribution in [2.75, 3.05) is 18.0 Å². The Labute approximate surface area is 154 Å². The first-order chi connectivity index (χ1) is 13.0. The van der Waals surface area contributed by atoms with Crippen LogP contribution in [0.2, 0.25) is 0 Å². The van der Waals surface area contributed by atoms with Gasteiger partial charge in [0.2, 0.25) is 5.91 Å². The molecule has 2 aliphatic carbocycles. The molecule has 4 aliphatic rings. The maximum atomic E-state index is 14.4. The van der Waals surface area contributed by atoms with Crippen LogP contribution in [0.3, 0.4) is 0 Å². The Balaban J connectivity index is 1.30. The molecule has 27 heavy (non-hydrogen) atoms. The van der Waals surface area contributed by atoms with Gasteiger partial charge in [-0.25, -0.2) is 18.7 Å². The summed E-state index contributed by atoms with van der Waals surface area (Å²) in [6.45, 7) is 1.42. The first-order valence-electron chi connectivity index (χ1n) is 9.79. The van der Waals surface area contributed by atoms with Gasteiger partial charge in [0, 0.05) is 31.4 Å². The van der Waals surface area contributed by atoms with Crippen LogP contribution in [0, 0.1) is 5.92 Å². The number of amides is 1. The van der Waals surface area contributed by atoms with Gasteiger partial charge >= 0.3 is 0 Å². The van der Waals surface area contributed by atoms with E-state index in [1.54, 1.807) is 6.20 Å². The number of nitrogens with zero attached hydrogens (tertiary/aromatic N) is 4. The third-order valence-electron chi connectivity index (χ3n) is 6.59. The number of carbonyl (C=O) groups is 1. The molecule has 4 fully saturated rings. The number of hydrogen-bond donors (Lipinski definition) is 1. The van der Waals surface area contributed by atoms with E-state index >= 15 is 0 Å². The molecule has 2 saturated heterocycles. The number of pyridine rings is 1. The van der Waals surface area contributed by atoms with E-state index in [9.17, 15) is 13.6 Å². The summed E-state index contributed by atoms with van der Waals surface area (Å²) in [6, 6.07) is 2.16. The first-order valence-corrected chi connectivity index (χ1v) is 9.79. The maximum absolute atomic E-state index is 14.4. The molecule has 2 bridgehead atoms. The zero-order chi connectivity index (χ0) is 18.3. The van der Waals surface area contributed by atoms with E-state index in [0.29, 0.717) is 43.8 Å². The predicted octanol–water partition coefficient (Wildman–Crippen LogP) is 2.45. The minimum atomic E-state index is -1.32. The van der Waals surface area contributed by atoms with Crippen molar-refractivity contribution >= 4 is 22.8 Å². The molecule has 2 aromatic rings. The molecule has 1 amide bonds. The average Bonchev–Trinajstić information content (AvgIpc) is 3.51. The molecule has 4 heterocycles. The summed E-state index contributed by atoms with van der Waals surface area (Å²) in [4.78, 5) is 28.6. The van der Waals surface area contributed by atoms with Crippen LogP contribution in [0.1, 0.15) is 37.9 Å². The summed E-state index contributed by atoms with van der Waals surface area (Å²) >= 11 is 0. The number of aromatic nitrogens is 3. The van der Waals surface area contributed by atoms with E-state index in [4.69, 9.17) is 0 Å². The Morgan fingerprint density at radius 2 is 1.96 bits per heavy atom. The molecule has 6 rings (SSSR count). The monoisotopic (exact) mass is 373 g/mol. The molecular weight excluding hydrogens is 352 g/mol. The number of nitrogens with one attached hydrogen (secondary N) is 1. The van der Waals surface area contributed by atoms with E-state index in [0.717, 1.165) is 24.0 Å². The van der Waals surface area contributed by atoms with Crippen molar-refractivity contribution in [3.05, 3.63) is 18.1 Å². The molecule has 6 nitrogen and oxygen atoms in total. The van der Waals surface area contributed by atoms with Crippen LogP contribution in [0.15, 0.2) is 12.3 Å².